The molecule has 0 saturated carbocycles. The second-order valence-corrected chi connectivity index (χ2v) is 6.24. The van der Waals surface area contributed by atoms with E-state index >= 15 is 0 Å². The lowest BCUT2D eigenvalue weighted by Crippen LogP contribution is -2.39. The number of halogens is 1. The second kappa shape index (κ2) is 7.43. The molecule has 0 bridgehead atoms. The predicted octanol–water partition coefficient (Wildman–Crippen LogP) is 3.73. The van der Waals surface area contributed by atoms with Crippen molar-refractivity contribution in [2.24, 2.45) is 0 Å². The molecule has 1 N–H and O–H groups in total. The minimum atomic E-state index is 0.357. The highest BCUT2D eigenvalue weighted by molar-refractivity contribution is 9.10. The molecule has 2 atom stereocenters. The van der Waals surface area contributed by atoms with Gasteiger partial charge < -0.3 is 15.0 Å². The van der Waals surface area contributed by atoms with E-state index in [9.17, 15) is 0 Å². The van der Waals surface area contributed by atoms with Crippen LogP contribution in [0.4, 0.5) is 5.69 Å². The Hall–Kier alpha value is -0.580. The van der Waals surface area contributed by atoms with Crippen LogP contribution < -0.4 is 10.2 Å². The smallest absolute Gasteiger partial charge is 0.0750 e. The number of piperidine rings is 1. The molecule has 0 spiro atoms. The van der Waals surface area contributed by atoms with Crippen molar-refractivity contribution in [3.63, 3.8) is 0 Å². The molecule has 0 radical (unpaired) electrons. The summed E-state index contributed by atoms with van der Waals surface area (Å²) in [6.45, 7) is 7.17. The maximum Gasteiger partial charge on any atom is 0.0750 e. The molecule has 1 fully saturated rings. The van der Waals surface area contributed by atoms with Gasteiger partial charge in [-0.1, -0.05) is 22.0 Å². The molecule has 1 aromatic carbocycles. The summed E-state index contributed by atoms with van der Waals surface area (Å²) in [5, 5.41) is 3.28. The molecule has 4 heteroatoms. The zero-order chi connectivity index (χ0) is 14.5. The summed E-state index contributed by atoms with van der Waals surface area (Å²) in [7, 11) is 1.99. The summed E-state index contributed by atoms with van der Waals surface area (Å²) in [5.74, 6) is 0. The Morgan fingerprint density at radius 3 is 2.95 bits per heavy atom. The number of nitrogens with one attached hydrogen (secondary N) is 1. The van der Waals surface area contributed by atoms with E-state index in [1.54, 1.807) is 0 Å². The van der Waals surface area contributed by atoms with Gasteiger partial charge in [0.05, 0.1) is 6.10 Å². The van der Waals surface area contributed by atoms with Crippen molar-refractivity contribution in [2.75, 3.05) is 31.6 Å². The first-order valence-corrected chi connectivity index (χ1v) is 8.28. The molecule has 0 aliphatic carbocycles. The van der Waals surface area contributed by atoms with E-state index in [1.807, 2.05) is 7.05 Å². The average Bonchev–Trinajstić information content (AvgIpc) is 2.47. The van der Waals surface area contributed by atoms with Crippen molar-refractivity contribution in [1.29, 1.82) is 0 Å². The lowest BCUT2D eigenvalue weighted by atomic mass is 10.0. The number of nitrogens with zero attached hydrogens (tertiary/aromatic N) is 1. The second-order valence-electron chi connectivity index (χ2n) is 5.38. The molecule has 20 heavy (non-hydrogen) atoms. The largest absolute Gasteiger partial charge is 0.377 e. The van der Waals surface area contributed by atoms with Crippen LogP contribution in [0, 0.1) is 0 Å². The summed E-state index contributed by atoms with van der Waals surface area (Å²) in [6, 6.07) is 7.03. The lowest BCUT2D eigenvalue weighted by Gasteiger charge is -2.34. The minimum absolute atomic E-state index is 0.357. The Bertz CT molecular complexity index is 436. The van der Waals surface area contributed by atoms with E-state index < -0.39 is 0 Å². The highest BCUT2D eigenvalue weighted by Crippen LogP contribution is 2.29. The quantitative estimate of drug-likeness (QED) is 0.883. The van der Waals surface area contributed by atoms with Gasteiger partial charge in [-0.3, -0.25) is 0 Å². The van der Waals surface area contributed by atoms with E-state index in [-0.39, 0.29) is 0 Å². The van der Waals surface area contributed by atoms with Crippen molar-refractivity contribution < 1.29 is 4.74 Å². The Morgan fingerprint density at radius 1 is 1.50 bits per heavy atom. The van der Waals surface area contributed by atoms with Gasteiger partial charge in [-0.15, -0.1) is 0 Å². The molecule has 3 nitrogen and oxygen atoms in total. The number of ether oxygens (including phenoxy) is 1. The van der Waals surface area contributed by atoms with Gasteiger partial charge in [-0.2, -0.15) is 0 Å². The molecular weight excluding hydrogens is 316 g/mol. The number of hydrogen-bond donors (Lipinski definition) is 1. The third-order valence-electron chi connectivity index (χ3n) is 4.03. The van der Waals surface area contributed by atoms with Crippen LogP contribution in [0.1, 0.15) is 38.3 Å². The van der Waals surface area contributed by atoms with Gasteiger partial charge in [0.2, 0.25) is 0 Å². The van der Waals surface area contributed by atoms with E-state index in [0.29, 0.717) is 12.1 Å². The summed E-state index contributed by atoms with van der Waals surface area (Å²) < 4.78 is 6.96. The molecule has 1 aromatic rings. The summed E-state index contributed by atoms with van der Waals surface area (Å²) >= 11 is 3.70. The molecular formula is C16H25BrN2O. The summed E-state index contributed by atoms with van der Waals surface area (Å²) in [4.78, 5) is 2.43. The average molecular weight is 341 g/mol. The standard InChI is InChI=1S/C16H25BrN2O/c1-4-20-14-6-5-9-19(11-14)13-7-8-15(12(2)18-3)16(17)10-13/h7-8,10,12,14,18H,4-6,9,11H2,1-3H3. The van der Waals surface area contributed by atoms with Gasteiger partial charge >= 0.3 is 0 Å². The topological polar surface area (TPSA) is 24.5 Å². The Labute approximate surface area is 130 Å². The number of rotatable bonds is 5. The van der Waals surface area contributed by atoms with Gasteiger partial charge in [0, 0.05) is 35.9 Å². The highest BCUT2D eigenvalue weighted by atomic mass is 79.9. The van der Waals surface area contributed by atoms with Crippen molar-refractivity contribution >= 4 is 21.6 Å². The Morgan fingerprint density at radius 2 is 2.30 bits per heavy atom. The van der Waals surface area contributed by atoms with Gasteiger partial charge in [-0.05, 0) is 51.4 Å². The summed E-state index contributed by atoms with van der Waals surface area (Å²) in [6.07, 6.45) is 2.76. The van der Waals surface area contributed by atoms with E-state index in [0.717, 1.165) is 19.7 Å². The van der Waals surface area contributed by atoms with Crippen LogP contribution in [-0.4, -0.2) is 32.8 Å². The minimum Gasteiger partial charge on any atom is -0.377 e. The number of anilines is 1. The third-order valence-corrected chi connectivity index (χ3v) is 4.72. The SMILES string of the molecule is CCOC1CCCN(c2ccc(C(C)NC)c(Br)c2)C1. The van der Waals surface area contributed by atoms with Crippen molar-refractivity contribution in [3.05, 3.63) is 28.2 Å². The van der Waals surface area contributed by atoms with Gasteiger partial charge in [0.1, 0.15) is 0 Å². The summed E-state index contributed by atoms with van der Waals surface area (Å²) in [5.41, 5.74) is 2.59. The van der Waals surface area contributed by atoms with Crippen molar-refractivity contribution in [1.82, 2.24) is 5.32 Å². The Kier molecular flexibility index (Phi) is 5.87. The van der Waals surface area contributed by atoms with Crippen LogP contribution >= 0.6 is 15.9 Å². The molecule has 2 unspecified atom stereocenters. The van der Waals surface area contributed by atoms with Crippen molar-refractivity contribution in [3.8, 4) is 0 Å². The Balaban J connectivity index is 2.10. The van der Waals surface area contributed by atoms with Crippen molar-refractivity contribution in [2.45, 2.75) is 38.8 Å². The lowest BCUT2D eigenvalue weighted by molar-refractivity contribution is 0.0527. The van der Waals surface area contributed by atoms with E-state index in [1.165, 1.54) is 28.6 Å². The normalized spacial score (nSPS) is 21.0. The molecule has 0 amide bonds. The van der Waals surface area contributed by atoms with Crippen LogP contribution in [-0.2, 0) is 4.74 Å². The van der Waals surface area contributed by atoms with Gasteiger partial charge in [0.25, 0.3) is 0 Å². The molecule has 1 saturated heterocycles. The van der Waals surface area contributed by atoms with Crippen LogP contribution in [0.15, 0.2) is 22.7 Å². The molecule has 2 rings (SSSR count). The maximum atomic E-state index is 5.78. The zero-order valence-corrected chi connectivity index (χ0v) is 14.2. The first-order chi connectivity index (χ1) is 9.65. The van der Waals surface area contributed by atoms with Gasteiger partial charge in [-0.25, -0.2) is 0 Å². The third kappa shape index (κ3) is 3.74. The van der Waals surface area contributed by atoms with Crippen LogP contribution in [0.5, 0.6) is 0 Å². The first kappa shape index (κ1) is 15.8. The fourth-order valence-electron chi connectivity index (χ4n) is 2.76. The monoisotopic (exact) mass is 340 g/mol. The van der Waals surface area contributed by atoms with E-state index in [4.69, 9.17) is 4.74 Å². The molecule has 1 aliphatic heterocycles. The van der Waals surface area contributed by atoms with Crippen LogP contribution in [0.25, 0.3) is 0 Å². The predicted molar refractivity (Wildman–Crippen MR) is 88.5 cm³/mol. The number of benzene rings is 1. The fourth-order valence-corrected chi connectivity index (χ4v) is 3.47. The zero-order valence-electron chi connectivity index (χ0n) is 12.7. The number of hydrogen-bond acceptors (Lipinski definition) is 3. The van der Waals surface area contributed by atoms with E-state index in [2.05, 4.69) is 58.2 Å². The first-order valence-electron chi connectivity index (χ1n) is 7.49. The molecule has 112 valence electrons. The highest BCUT2D eigenvalue weighted by Gasteiger charge is 2.21. The van der Waals surface area contributed by atoms with Crippen LogP contribution in [0.2, 0.25) is 0 Å². The molecule has 0 aromatic heterocycles. The molecule has 1 heterocycles. The molecule has 1 aliphatic rings. The van der Waals surface area contributed by atoms with Gasteiger partial charge in [0.15, 0.2) is 0 Å². The fraction of sp³-hybridized carbons (Fsp3) is 0.625. The maximum absolute atomic E-state index is 5.78. The van der Waals surface area contributed by atoms with Crippen LogP contribution in [0.3, 0.4) is 0 Å².